The van der Waals surface area contributed by atoms with Gasteiger partial charge in [0.25, 0.3) is 0 Å². The first kappa shape index (κ1) is 13.4. The largest absolute Gasteiger partial charge is 0.494 e. The van der Waals surface area contributed by atoms with E-state index in [-0.39, 0.29) is 0 Å². The number of benzene rings is 1. The van der Waals surface area contributed by atoms with Crippen molar-refractivity contribution in [3.63, 3.8) is 0 Å². The van der Waals surface area contributed by atoms with Gasteiger partial charge in [0, 0.05) is 0 Å². The second-order valence-corrected chi connectivity index (χ2v) is 3.64. The number of carbonyl (C=O) groups is 1. The molecule has 0 spiro atoms. The fraction of sp³-hybridized carbons (Fsp3) is 0.462. The van der Waals surface area contributed by atoms with Crippen LogP contribution in [0.5, 0.6) is 11.5 Å². The summed E-state index contributed by atoms with van der Waals surface area (Å²) in [4.78, 5) is 10.9. The Kier molecular flexibility index (Phi) is 5.33. The molecule has 0 amide bonds. The van der Waals surface area contributed by atoms with Gasteiger partial charge in [0.2, 0.25) is 0 Å². The summed E-state index contributed by atoms with van der Waals surface area (Å²) < 4.78 is 10.7. The van der Waals surface area contributed by atoms with Crippen LogP contribution >= 0.6 is 0 Å². The third-order valence-corrected chi connectivity index (χ3v) is 2.24. The number of carboxylic acid groups (broad SMARTS) is 1. The van der Waals surface area contributed by atoms with Crippen LogP contribution in [0.4, 0.5) is 0 Å². The van der Waals surface area contributed by atoms with Crippen LogP contribution in [0.2, 0.25) is 0 Å². The summed E-state index contributed by atoms with van der Waals surface area (Å²) in [5, 5.41) is 8.95. The van der Waals surface area contributed by atoms with Gasteiger partial charge in [-0.2, -0.15) is 0 Å². The van der Waals surface area contributed by atoms with E-state index >= 15 is 0 Å². The SMILES string of the molecule is CCC[C@@H](Oc1ccc(OCC)cc1)C(=O)O. The topological polar surface area (TPSA) is 55.8 Å². The number of aliphatic carboxylic acids is 1. The van der Waals surface area contributed by atoms with Crippen molar-refractivity contribution in [2.45, 2.75) is 32.8 Å². The summed E-state index contributed by atoms with van der Waals surface area (Å²) in [6, 6.07) is 6.97. The maximum atomic E-state index is 10.9. The average Bonchev–Trinajstić information content (AvgIpc) is 2.31. The predicted molar refractivity (Wildman–Crippen MR) is 64.6 cm³/mol. The highest BCUT2D eigenvalue weighted by Gasteiger charge is 2.17. The molecule has 1 aromatic rings. The number of rotatable bonds is 7. The third-order valence-electron chi connectivity index (χ3n) is 2.24. The number of carboxylic acids is 1. The molecule has 17 heavy (non-hydrogen) atoms. The Morgan fingerprint density at radius 1 is 1.24 bits per heavy atom. The Morgan fingerprint density at radius 2 is 1.82 bits per heavy atom. The molecule has 0 heterocycles. The van der Waals surface area contributed by atoms with Crippen LogP contribution in [-0.4, -0.2) is 23.8 Å². The van der Waals surface area contributed by atoms with Crippen molar-refractivity contribution in [2.24, 2.45) is 0 Å². The van der Waals surface area contributed by atoms with E-state index < -0.39 is 12.1 Å². The fourth-order valence-corrected chi connectivity index (χ4v) is 1.44. The van der Waals surface area contributed by atoms with E-state index in [0.29, 0.717) is 18.8 Å². The van der Waals surface area contributed by atoms with Gasteiger partial charge in [-0.3, -0.25) is 0 Å². The minimum atomic E-state index is -0.930. The minimum Gasteiger partial charge on any atom is -0.494 e. The summed E-state index contributed by atoms with van der Waals surface area (Å²) in [6.07, 6.45) is 0.495. The highest BCUT2D eigenvalue weighted by Crippen LogP contribution is 2.19. The molecule has 4 nitrogen and oxygen atoms in total. The molecule has 1 N–H and O–H groups in total. The normalized spacial score (nSPS) is 11.9. The zero-order valence-corrected chi connectivity index (χ0v) is 10.2. The van der Waals surface area contributed by atoms with Gasteiger partial charge in [-0.05, 0) is 37.6 Å². The molecule has 0 fully saturated rings. The Balaban J connectivity index is 2.63. The van der Waals surface area contributed by atoms with Crippen molar-refractivity contribution in [2.75, 3.05) is 6.61 Å². The van der Waals surface area contributed by atoms with Gasteiger partial charge < -0.3 is 14.6 Å². The summed E-state index contributed by atoms with van der Waals surface area (Å²) in [7, 11) is 0. The van der Waals surface area contributed by atoms with Crippen molar-refractivity contribution in [3.05, 3.63) is 24.3 Å². The molecule has 0 aromatic heterocycles. The van der Waals surface area contributed by atoms with Gasteiger partial charge in [0.1, 0.15) is 11.5 Å². The molecule has 1 atom stereocenters. The van der Waals surface area contributed by atoms with Crippen LogP contribution in [0, 0.1) is 0 Å². The number of hydrogen-bond acceptors (Lipinski definition) is 3. The van der Waals surface area contributed by atoms with E-state index in [1.165, 1.54) is 0 Å². The highest BCUT2D eigenvalue weighted by molar-refractivity contribution is 5.72. The second-order valence-electron chi connectivity index (χ2n) is 3.64. The number of ether oxygens (including phenoxy) is 2. The Morgan fingerprint density at radius 3 is 2.29 bits per heavy atom. The molecule has 0 unspecified atom stereocenters. The van der Waals surface area contributed by atoms with Crippen molar-refractivity contribution >= 4 is 5.97 Å². The van der Waals surface area contributed by atoms with Gasteiger partial charge >= 0.3 is 5.97 Å². The van der Waals surface area contributed by atoms with Crippen LogP contribution in [0.15, 0.2) is 24.3 Å². The zero-order chi connectivity index (χ0) is 12.7. The van der Waals surface area contributed by atoms with E-state index in [1.54, 1.807) is 24.3 Å². The van der Waals surface area contributed by atoms with Crippen molar-refractivity contribution in [1.82, 2.24) is 0 Å². The van der Waals surface area contributed by atoms with E-state index in [1.807, 2.05) is 13.8 Å². The molecular formula is C13H18O4. The lowest BCUT2D eigenvalue weighted by molar-refractivity contribution is -0.145. The number of hydrogen-bond donors (Lipinski definition) is 1. The Hall–Kier alpha value is -1.71. The first-order valence-corrected chi connectivity index (χ1v) is 5.79. The van der Waals surface area contributed by atoms with Crippen LogP contribution in [0.3, 0.4) is 0 Å². The van der Waals surface area contributed by atoms with Crippen LogP contribution < -0.4 is 9.47 Å². The monoisotopic (exact) mass is 238 g/mol. The first-order chi connectivity index (χ1) is 8.17. The Labute approximate surface area is 101 Å². The van der Waals surface area contributed by atoms with E-state index in [0.717, 1.165) is 12.2 Å². The lowest BCUT2D eigenvalue weighted by Gasteiger charge is -2.14. The molecule has 0 aliphatic rings. The fourth-order valence-electron chi connectivity index (χ4n) is 1.44. The minimum absolute atomic E-state index is 0.503. The van der Waals surface area contributed by atoms with E-state index in [2.05, 4.69) is 0 Å². The quantitative estimate of drug-likeness (QED) is 0.793. The summed E-state index contributed by atoms with van der Waals surface area (Å²) in [6.45, 7) is 4.44. The molecule has 1 aromatic carbocycles. The zero-order valence-electron chi connectivity index (χ0n) is 10.2. The van der Waals surface area contributed by atoms with Crippen LogP contribution in [0.1, 0.15) is 26.7 Å². The Bertz CT molecular complexity index is 345. The molecule has 0 saturated carbocycles. The molecule has 0 radical (unpaired) electrons. The molecule has 4 heteroatoms. The third kappa shape index (κ3) is 4.34. The average molecular weight is 238 g/mol. The maximum Gasteiger partial charge on any atom is 0.344 e. The molecular weight excluding hydrogens is 220 g/mol. The van der Waals surface area contributed by atoms with Crippen LogP contribution in [0.25, 0.3) is 0 Å². The molecule has 0 bridgehead atoms. The summed E-state index contributed by atoms with van der Waals surface area (Å²) >= 11 is 0. The van der Waals surface area contributed by atoms with Gasteiger partial charge in [0.05, 0.1) is 6.61 Å². The van der Waals surface area contributed by atoms with E-state index in [4.69, 9.17) is 14.6 Å². The molecule has 0 aliphatic carbocycles. The lowest BCUT2D eigenvalue weighted by Crippen LogP contribution is -2.26. The lowest BCUT2D eigenvalue weighted by atomic mass is 10.2. The summed E-state index contributed by atoms with van der Waals surface area (Å²) in [5.74, 6) is 0.372. The van der Waals surface area contributed by atoms with Crippen molar-refractivity contribution in [3.8, 4) is 11.5 Å². The van der Waals surface area contributed by atoms with Crippen molar-refractivity contribution in [1.29, 1.82) is 0 Å². The van der Waals surface area contributed by atoms with Crippen molar-refractivity contribution < 1.29 is 19.4 Å². The first-order valence-electron chi connectivity index (χ1n) is 5.79. The van der Waals surface area contributed by atoms with Gasteiger partial charge in [-0.1, -0.05) is 13.3 Å². The smallest absolute Gasteiger partial charge is 0.344 e. The highest BCUT2D eigenvalue weighted by atomic mass is 16.5. The molecule has 0 aliphatic heterocycles. The maximum absolute atomic E-state index is 10.9. The standard InChI is InChI=1S/C13H18O4/c1-3-5-12(13(14)15)17-11-8-6-10(7-9-11)16-4-2/h6-9,12H,3-5H2,1-2H3,(H,14,15)/t12-/m1/s1. The summed E-state index contributed by atoms with van der Waals surface area (Å²) in [5.41, 5.74) is 0. The molecule has 0 saturated heterocycles. The van der Waals surface area contributed by atoms with Gasteiger partial charge in [0.15, 0.2) is 6.10 Å². The second kappa shape index (κ2) is 6.78. The predicted octanol–water partition coefficient (Wildman–Crippen LogP) is 2.72. The van der Waals surface area contributed by atoms with Gasteiger partial charge in [-0.25, -0.2) is 4.79 Å². The van der Waals surface area contributed by atoms with Gasteiger partial charge in [-0.15, -0.1) is 0 Å². The molecule has 1 rings (SSSR count). The van der Waals surface area contributed by atoms with Crippen LogP contribution in [-0.2, 0) is 4.79 Å². The van der Waals surface area contributed by atoms with E-state index in [9.17, 15) is 4.79 Å². The molecule has 94 valence electrons.